The third kappa shape index (κ3) is 3.06. The highest BCUT2D eigenvalue weighted by atomic mass is 32.1. The van der Waals surface area contributed by atoms with Crippen LogP contribution in [0, 0.1) is 20.8 Å². The van der Waals surface area contributed by atoms with Crippen molar-refractivity contribution in [2.45, 2.75) is 58.9 Å². The second-order valence-electron chi connectivity index (χ2n) is 6.06. The van der Waals surface area contributed by atoms with Crippen LogP contribution in [0.25, 0.3) is 0 Å². The van der Waals surface area contributed by atoms with Gasteiger partial charge >= 0.3 is 0 Å². The van der Waals surface area contributed by atoms with E-state index >= 15 is 0 Å². The molecule has 1 N–H and O–H groups in total. The normalized spacial score (nSPS) is 16.0. The van der Waals surface area contributed by atoms with Gasteiger partial charge in [-0.05, 0) is 39.7 Å². The largest absolute Gasteiger partial charge is 0.359 e. The van der Waals surface area contributed by atoms with E-state index < -0.39 is 0 Å². The summed E-state index contributed by atoms with van der Waals surface area (Å²) in [6.45, 7) is 5.68. The molecular formula is C16H22N4OS. The highest BCUT2D eigenvalue weighted by Crippen LogP contribution is 2.27. The molecule has 0 atom stereocenters. The lowest BCUT2D eigenvalue weighted by Crippen LogP contribution is -2.21. The van der Waals surface area contributed by atoms with Crippen molar-refractivity contribution in [3.8, 4) is 0 Å². The molecular weight excluding hydrogens is 296 g/mol. The van der Waals surface area contributed by atoms with Gasteiger partial charge in [-0.3, -0.25) is 4.79 Å². The summed E-state index contributed by atoms with van der Waals surface area (Å²) in [7, 11) is 0. The molecule has 0 aliphatic heterocycles. The first kappa shape index (κ1) is 15.2. The van der Waals surface area contributed by atoms with Crippen molar-refractivity contribution in [3.63, 3.8) is 0 Å². The Hall–Kier alpha value is -1.69. The van der Waals surface area contributed by atoms with Crippen molar-refractivity contribution in [2.75, 3.05) is 5.32 Å². The molecule has 1 aliphatic carbocycles. The monoisotopic (exact) mass is 318 g/mol. The number of aromatic nitrogens is 3. The van der Waals surface area contributed by atoms with E-state index in [9.17, 15) is 4.79 Å². The minimum absolute atomic E-state index is 0.0858. The molecule has 0 aromatic carbocycles. The molecule has 22 heavy (non-hydrogen) atoms. The van der Waals surface area contributed by atoms with Gasteiger partial charge in [-0.15, -0.1) is 0 Å². The van der Waals surface area contributed by atoms with Crippen molar-refractivity contribution >= 4 is 22.4 Å². The van der Waals surface area contributed by atoms with Crippen LogP contribution in [-0.4, -0.2) is 26.7 Å². The van der Waals surface area contributed by atoms with Crippen molar-refractivity contribution < 1.29 is 4.79 Å². The van der Waals surface area contributed by atoms with E-state index in [2.05, 4.69) is 15.4 Å². The van der Waals surface area contributed by atoms with E-state index in [1.165, 1.54) is 48.1 Å². The van der Waals surface area contributed by atoms with Gasteiger partial charge in [-0.2, -0.15) is 5.10 Å². The van der Waals surface area contributed by atoms with Gasteiger partial charge in [-0.1, -0.05) is 30.6 Å². The lowest BCUT2D eigenvalue weighted by molar-refractivity contribution is 0.0945. The zero-order chi connectivity index (χ0) is 15.7. The Morgan fingerprint density at radius 3 is 2.64 bits per heavy atom. The van der Waals surface area contributed by atoms with Crippen LogP contribution < -0.4 is 5.32 Å². The SMILES string of the molecule is Cc1cc(C)n(C(=O)c2sc(NC3CCCCC3)nc2C)n1. The molecule has 0 bridgehead atoms. The molecule has 2 aromatic heterocycles. The van der Waals surface area contributed by atoms with E-state index in [1.807, 2.05) is 26.8 Å². The molecule has 1 fully saturated rings. The predicted molar refractivity (Wildman–Crippen MR) is 88.8 cm³/mol. The van der Waals surface area contributed by atoms with Crippen LogP contribution in [0.5, 0.6) is 0 Å². The standard InChI is InChI=1S/C16H22N4OS/c1-10-9-11(2)20(19-10)15(21)14-12(3)17-16(22-14)18-13-7-5-4-6-8-13/h9,13H,4-8H2,1-3H3,(H,17,18). The Bertz CT molecular complexity index is 682. The fourth-order valence-electron chi connectivity index (χ4n) is 3.01. The molecule has 0 amide bonds. The average Bonchev–Trinajstić information content (AvgIpc) is 3.01. The topological polar surface area (TPSA) is 59.8 Å². The number of anilines is 1. The summed E-state index contributed by atoms with van der Waals surface area (Å²) < 4.78 is 1.47. The van der Waals surface area contributed by atoms with Gasteiger partial charge in [0, 0.05) is 11.7 Å². The van der Waals surface area contributed by atoms with E-state index in [4.69, 9.17) is 0 Å². The lowest BCUT2D eigenvalue weighted by Gasteiger charge is -2.22. The van der Waals surface area contributed by atoms with Crippen LogP contribution in [0.15, 0.2) is 6.07 Å². The first-order valence-corrected chi connectivity index (χ1v) is 8.68. The fraction of sp³-hybridized carbons (Fsp3) is 0.562. The highest BCUT2D eigenvalue weighted by Gasteiger charge is 2.21. The Labute approximate surface area is 134 Å². The zero-order valence-corrected chi connectivity index (χ0v) is 14.2. The average molecular weight is 318 g/mol. The molecule has 2 heterocycles. The summed E-state index contributed by atoms with van der Waals surface area (Å²) >= 11 is 1.44. The number of rotatable bonds is 3. The first-order valence-electron chi connectivity index (χ1n) is 7.86. The number of thiazole rings is 1. The maximum Gasteiger partial charge on any atom is 0.290 e. The smallest absolute Gasteiger partial charge is 0.290 e. The van der Waals surface area contributed by atoms with Gasteiger partial charge in [0.1, 0.15) is 4.88 Å². The molecule has 1 saturated carbocycles. The number of carbonyl (C=O) groups excluding carboxylic acids is 1. The van der Waals surface area contributed by atoms with Crippen LogP contribution in [0.2, 0.25) is 0 Å². The maximum atomic E-state index is 12.6. The summed E-state index contributed by atoms with van der Waals surface area (Å²) in [5.74, 6) is -0.0858. The van der Waals surface area contributed by atoms with Crippen LogP contribution in [0.4, 0.5) is 5.13 Å². The Kier molecular flexibility index (Phi) is 4.29. The van der Waals surface area contributed by atoms with Gasteiger partial charge in [0.25, 0.3) is 5.91 Å². The third-order valence-corrected chi connectivity index (χ3v) is 5.20. The molecule has 0 saturated heterocycles. The molecule has 1 aliphatic rings. The van der Waals surface area contributed by atoms with Gasteiger partial charge < -0.3 is 5.32 Å². The Morgan fingerprint density at radius 1 is 1.27 bits per heavy atom. The minimum atomic E-state index is -0.0858. The maximum absolute atomic E-state index is 12.6. The molecule has 0 radical (unpaired) electrons. The number of nitrogens with zero attached hydrogens (tertiary/aromatic N) is 3. The summed E-state index contributed by atoms with van der Waals surface area (Å²) in [4.78, 5) is 17.9. The molecule has 5 nitrogen and oxygen atoms in total. The van der Waals surface area contributed by atoms with Crippen molar-refractivity contribution in [2.24, 2.45) is 0 Å². The third-order valence-electron chi connectivity index (χ3n) is 4.13. The second-order valence-corrected chi connectivity index (χ2v) is 7.06. The van der Waals surface area contributed by atoms with E-state index in [0.717, 1.165) is 22.2 Å². The van der Waals surface area contributed by atoms with E-state index in [-0.39, 0.29) is 5.91 Å². The number of carbonyl (C=O) groups is 1. The Balaban J connectivity index is 1.79. The molecule has 3 rings (SSSR count). The highest BCUT2D eigenvalue weighted by molar-refractivity contribution is 7.17. The van der Waals surface area contributed by atoms with Gasteiger partial charge in [0.15, 0.2) is 5.13 Å². The van der Waals surface area contributed by atoms with E-state index in [0.29, 0.717) is 10.9 Å². The van der Waals surface area contributed by atoms with Crippen LogP contribution >= 0.6 is 11.3 Å². The number of hydrogen-bond donors (Lipinski definition) is 1. The van der Waals surface area contributed by atoms with Crippen molar-refractivity contribution in [1.82, 2.24) is 14.8 Å². The van der Waals surface area contributed by atoms with E-state index in [1.54, 1.807) is 0 Å². The number of aryl methyl sites for hydroxylation is 3. The molecule has 0 unspecified atom stereocenters. The first-order chi connectivity index (χ1) is 10.5. The molecule has 2 aromatic rings. The minimum Gasteiger partial charge on any atom is -0.359 e. The van der Waals surface area contributed by atoms with Gasteiger partial charge in [0.2, 0.25) is 0 Å². The van der Waals surface area contributed by atoms with Crippen molar-refractivity contribution in [1.29, 1.82) is 0 Å². The summed E-state index contributed by atoms with van der Waals surface area (Å²) in [6, 6.07) is 2.41. The van der Waals surface area contributed by atoms with Crippen molar-refractivity contribution in [3.05, 3.63) is 28.0 Å². The van der Waals surface area contributed by atoms with Crippen LogP contribution in [0.3, 0.4) is 0 Å². The van der Waals surface area contributed by atoms with Gasteiger partial charge in [0.05, 0.1) is 11.4 Å². The summed E-state index contributed by atoms with van der Waals surface area (Å²) in [6.07, 6.45) is 6.27. The molecule has 6 heteroatoms. The molecule has 0 spiro atoms. The quantitative estimate of drug-likeness (QED) is 0.937. The fourth-order valence-corrected chi connectivity index (χ4v) is 3.98. The van der Waals surface area contributed by atoms with Crippen LogP contribution in [0.1, 0.15) is 58.9 Å². The van der Waals surface area contributed by atoms with Gasteiger partial charge in [-0.25, -0.2) is 9.67 Å². The summed E-state index contributed by atoms with van der Waals surface area (Å²) in [5, 5.41) is 8.63. The Morgan fingerprint density at radius 2 is 2.00 bits per heavy atom. The lowest BCUT2D eigenvalue weighted by atomic mass is 9.96. The summed E-state index contributed by atoms with van der Waals surface area (Å²) in [5.41, 5.74) is 2.49. The zero-order valence-electron chi connectivity index (χ0n) is 13.3. The number of hydrogen-bond acceptors (Lipinski definition) is 5. The van der Waals surface area contributed by atoms with Crippen LogP contribution in [-0.2, 0) is 0 Å². The molecule has 118 valence electrons. The number of nitrogens with one attached hydrogen (secondary N) is 1. The predicted octanol–water partition coefficient (Wildman–Crippen LogP) is 3.70. The second kappa shape index (κ2) is 6.20.